The highest BCUT2D eigenvalue weighted by Gasteiger charge is 2.33. The van der Waals surface area contributed by atoms with E-state index < -0.39 is 23.7 Å². The molecule has 2 N–H and O–H groups in total. The number of likely N-dealkylation sites (N-methyl/N-ethyl adjacent to an activating group) is 1. The number of rotatable bonds is 5. The van der Waals surface area contributed by atoms with Crippen molar-refractivity contribution >= 4 is 22.5 Å². The van der Waals surface area contributed by atoms with Crippen LogP contribution in [0.15, 0.2) is 53.3 Å². The van der Waals surface area contributed by atoms with Gasteiger partial charge in [0, 0.05) is 0 Å². The highest BCUT2D eigenvalue weighted by atomic mass is 19.4. The predicted octanol–water partition coefficient (Wildman–Crippen LogP) is 3.57. The number of carbonyl (C=O) groups excluding carboxylic acids is 1. The summed E-state index contributed by atoms with van der Waals surface area (Å²) in [5.74, 6) is -0.251. The molecule has 1 atom stereocenters. The fraction of sp³-hybridized carbons (Fsp3) is 0.250. The Balaban J connectivity index is 1.74. The van der Waals surface area contributed by atoms with Crippen molar-refractivity contribution in [1.82, 2.24) is 14.9 Å². The van der Waals surface area contributed by atoms with Gasteiger partial charge in [0.25, 0.3) is 5.56 Å². The van der Waals surface area contributed by atoms with Gasteiger partial charge >= 0.3 is 6.18 Å². The molecule has 0 saturated carbocycles. The minimum atomic E-state index is -4.57. The summed E-state index contributed by atoms with van der Waals surface area (Å²) in [4.78, 5) is 33.2. The van der Waals surface area contributed by atoms with E-state index in [9.17, 15) is 22.8 Å². The summed E-state index contributed by atoms with van der Waals surface area (Å²) >= 11 is 0. The number of anilines is 1. The quantitative estimate of drug-likeness (QED) is 0.682. The van der Waals surface area contributed by atoms with Crippen LogP contribution in [0, 0.1) is 0 Å². The number of aromatic nitrogens is 2. The van der Waals surface area contributed by atoms with E-state index in [1.165, 1.54) is 18.2 Å². The first-order valence-electron chi connectivity index (χ1n) is 8.82. The number of aromatic amines is 1. The molecule has 3 aromatic rings. The van der Waals surface area contributed by atoms with Crippen molar-refractivity contribution in [3.63, 3.8) is 0 Å². The molecule has 1 amide bonds. The minimum Gasteiger partial charge on any atom is -0.324 e. The number of nitrogens with one attached hydrogen (secondary N) is 2. The average Bonchev–Trinajstić information content (AvgIpc) is 2.66. The molecular weight excluding hydrogens is 385 g/mol. The lowest BCUT2D eigenvalue weighted by atomic mass is 10.1. The van der Waals surface area contributed by atoms with Gasteiger partial charge in [-0.25, -0.2) is 4.98 Å². The number of hydrogen-bond donors (Lipinski definition) is 2. The fourth-order valence-corrected chi connectivity index (χ4v) is 2.90. The Hall–Kier alpha value is -3.20. The Morgan fingerprint density at radius 3 is 2.55 bits per heavy atom. The van der Waals surface area contributed by atoms with Gasteiger partial charge in [-0.1, -0.05) is 24.3 Å². The summed E-state index contributed by atoms with van der Waals surface area (Å²) in [5.41, 5.74) is -0.989. The van der Waals surface area contributed by atoms with E-state index in [1.807, 2.05) is 0 Å². The van der Waals surface area contributed by atoms with E-state index in [0.717, 1.165) is 6.07 Å². The molecular formula is C20H19F3N4O2. The largest absolute Gasteiger partial charge is 0.418 e. The van der Waals surface area contributed by atoms with E-state index in [2.05, 4.69) is 15.3 Å². The van der Waals surface area contributed by atoms with Crippen LogP contribution in [-0.4, -0.2) is 34.4 Å². The Kier molecular flexibility index (Phi) is 5.69. The van der Waals surface area contributed by atoms with Gasteiger partial charge in [-0.2, -0.15) is 13.2 Å². The predicted molar refractivity (Wildman–Crippen MR) is 103 cm³/mol. The SMILES string of the molecule is C[C@H](c1nc2ccccc2c(=O)[nH]1)N(C)CC(=O)Nc1ccccc1C(F)(F)F. The first-order chi connectivity index (χ1) is 13.7. The van der Waals surface area contributed by atoms with E-state index in [-0.39, 0.29) is 17.8 Å². The molecule has 3 rings (SSSR count). The van der Waals surface area contributed by atoms with Gasteiger partial charge in [0.2, 0.25) is 5.91 Å². The standard InChI is InChI=1S/C20H19F3N4O2/c1-12(18-25-15-9-5-3-7-13(15)19(29)26-18)27(2)11-17(28)24-16-10-6-4-8-14(16)20(21,22)23/h3-10,12H,11H2,1-2H3,(H,24,28)(H,25,26,29)/t12-/m1/s1. The van der Waals surface area contributed by atoms with Crippen LogP contribution in [0.5, 0.6) is 0 Å². The van der Waals surface area contributed by atoms with Crippen LogP contribution in [0.4, 0.5) is 18.9 Å². The molecule has 29 heavy (non-hydrogen) atoms. The molecule has 0 radical (unpaired) electrons. The first kappa shape index (κ1) is 20.5. The number of halogens is 3. The van der Waals surface area contributed by atoms with Gasteiger partial charge in [-0.3, -0.25) is 14.5 Å². The molecule has 6 nitrogen and oxygen atoms in total. The summed E-state index contributed by atoms with van der Waals surface area (Å²) in [6.07, 6.45) is -4.57. The molecule has 1 heterocycles. The van der Waals surface area contributed by atoms with Crippen molar-refractivity contribution < 1.29 is 18.0 Å². The van der Waals surface area contributed by atoms with E-state index in [4.69, 9.17) is 0 Å². The Morgan fingerprint density at radius 1 is 1.17 bits per heavy atom. The monoisotopic (exact) mass is 404 g/mol. The van der Waals surface area contributed by atoms with Crippen molar-refractivity contribution in [2.24, 2.45) is 0 Å². The van der Waals surface area contributed by atoms with Crippen molar-refractivity contribution in [2.75, 3.05) is 18.9 Å². The maximum absolute atomic E-state index is 13.1. The van der Waals surface area contributed by atoms with Crippen LogP contribution in [0.2, 0.25) is 0 Å². The number of hydrogen-bond acceptors (Lipinski definition) is 4. The van der Waals surface area contributed by atoms with Gasteiger partial charge < -0.3 is 10.3 Å². The zero-order valence-corrected chi connectivity index (χ0v) is 15.7. The topological polar surface area (TPSA) is 78.1 Å². The minimum absolute atomic E-state index is 0.191. The van der Waals surface area contributed by atoms with E-state index in [0.29, 0.717) is 16.7 Å². The molecule has 2 aromatic carbocycles. The summed E-state index contributed by atoms with van der Waals surface area (Å²) < 4.78 is 39.2. The summed E-state index contributed by atoms with van der Waals surface area (Å²) in [6.45, 7) is 1.55. The second kappa shape index (κ2) is 8.04. The van der Waals surface area contributed by atoms with Gasteiger partial charge in [0.1, 0.15) is 5.82 Å². The van der Waals surface area contributed by atoms with Gasteiger partial charge in [0.05, 0.1) is 34.7 Å². The lowest BCUT2D eigenvalue weighted by Gasteiger charge is -2.23. The number of para-hydroxylation sites is 2. The number of amides is 1. The normalized spacial score (nSPS) is 12.9. The van der Waals surface area contributed by atoms with Crippen molar-refractivity contribution in [1.29, 1.82) is 0 Å². The molecule has 152 valence electrons. The Labute approximate surface area is 164 Å². The molecule has 0 saturated heterocycles. The van der Waals surface area contributed by atoms with Crippen LogP contribution in [-0.2, 0) is 11.0 Å². The lowest BCUT2D eigenvalue weighted by molar-refractivity contribution is -0.137. The number of benzene rings is 2. The molecule has 0 aliphatic heterocycles. The van der Waals surface area contributed by atoms with Crippen LogP contribution in [0.1, 0.15) is 24.4 Å². The molecule has 0 fully saturated rings. The Bertz CT molecular complexity index is 1090. The van der Waals surface area contributed by atoms with E-state index in [1.54, 1.807) is 43.1 Å². The van der Waals surface area contributed by atoms with Crippen molar-refractivity contribution in [3.05, 3.63) is 70.3 Å². The second-order valence-corrected chi connectivity index (χ2v) is 6.65. The third-order valence-corrected chi connectivity index (χ3v) is 4.59. The Morgan fingerprint density at radius 2 is 1.83 bits per heavy atom. The van der Waals surface area contributed by atoms with Crippen LogP contribution < -0.4 is 10.9 Å². The molecule has 0 aliphatic rings. The number of fused-ring (bicyclic) bond motifs is 1. The fourth-order valence-electron chi connectivity index (χ4n) is 2.90. The zero-order chi connectivity index (χ0) is 21.2. The summed E-state index contributed by atoms with van der Waals surface area (Å²) in [7, 11) is 1.62. The molecule has 1 aromatic heterocycles. The molecule has 0 spiro atoms. The average molecular weight is 404 g/mol. The number of nitrogens with zero attached hydrogens (tertiary/aromatic N) is 2. The van der Waals surface area contributed by atoms with Crippen molar-refractivity contribution in [3.8, 4) is 0 Å². The highest BCUT2D eigenvalue weighted by molar-refractivity contribution is 5.93. The van der Waals surface area contributed by atoms with Gasteiger partial charge in [-0.15, -0.1) is 0 Å². The first-order valence-corrected chi connectivity index (χ1v) is 8.82. The third kappa shape index (κ3) is 4.62. The van der Waals surface area contributed by atoms with Gasteiger partial charge in [-0.05, 0) is 38.2 Å². The molecule has 0 aliphatic carbocycles. The highest BCUT2D eigenvalue weighted by Crippen LogP contribution is 2.34. The maximum atomic E-state index is 13.1. The lowest BCUT2D eigenvalue weighted by Crippen LogP contribution is -2.34. The number of carbonyl (C=O) groups is 1. The zero-order valence-electron chi connectivity index (χ0n) is 15.7. The molecule has 0 unspecified atom stereocenters. The number of alkyl halides is 3. The van der Waals surface area contributed by atoms with Crippen LogP contribution in [0.25, 0.3) is 10.9 Å². The maximum Gasteiger partial charge on any atom is 0.418 e. The smallest absolute Gasteiger partial charge is 0.324 e. The van der Waals surface area contributed by atoms with Crippen LogP contribution in [0.3, 0.4) is 0 Å². The molecule has 9 heteroatoms. The van der Waals surface area contributed by atoms with E-state index >= 15 is 0 Å². The van der Waals surface area contributed by atoms with Crippen LogP contribution >= 0.6 is 0 Å². The number of H-pyrrole nitrogens is 1. The van der Waals surface area contributed by atoms with Crippen molar-refractivity contribution in [2.45, 2.75) is 19.1 Å². The summed E-state index contributed by atoms with van der Waals surface area (Å²) in [5, 5.41) is 2.75. The second-order valence-electron chi connectivity index (χ2n) is 6.65. The van der Waals surface area contributed by atoms with Gasteiger partial charge in [0.15, 0.2) is 0 Å². The molecule has 0 bridgehead atoms. The third-order valence-electron chi connectivity index (χ3n) is 4.59. The summed E-state index contributed by atoms with van der Waals surface area (Å²) in [6, 6.07) is 11.2.